The molecule has 0 aliphatic carbocycles. The van der Waals surface area contributed by atoms with Crippen molar-refractivity contribution in [2.24, 2.45) is 11.7 Å². The molecule has 0 amide bonds. The summed E-state index contributed by atoms with van der Waals surface area (Å²) in [5.74, 6) is -4.96. The van der Waals surface area contributed by atoms with Crippen LogP contribution in [0.4, 0.5) is 0 Å². The molecular weight excluding hydrogens is 220 g/mol. The van der Waals surface area contributed by atoms with Gasteiger partial charge in [0, 0.05) is 6.54 Å². The van der Waals surface area contributed by atoms with Gasteiger partial charge in [-0.15, -0.1) is 0 Å². The van der Waals surface area contributed by atoms with E-state index in [4.69, 9.17) is 21.1 Å². The van der Waals surface area contributed by atoms with E-state index in [0.717, 1.165) is 0 Å². The minimum Gasteiger partial charge on any atom is -0.481 e. The van der Waals surface area contributed by atoms with Gasteiger partial charge < -0.3 is 21.1 Å². The maximum absolute atomic E-state index is 10.8. The highest BCUT2D eigenvalue weighted by atomic mass is 16.4. The number of hydrogen-bond donors (Lipinski definition) is 5. The van der Waals surface area contributed by atoms with E-state index >= 15 is 0 Å². The zero-order valence-electron chi connectivity index (χ0n) is 8.34. The fourth-order valence-electron chi connectivity index (χ4n) is 1.64. The van der Waals surface area contributed by atoms with Crippen LogP contribution in [0.25, 0.3) is 0 Å². The van der Waals surface area contributed by atoms with Crippen LogP contribution in [0.1, 0.15) is 0 Å². The molecule has 1 aliphatic heterocycles. The van der Waals surface area contributed by atoms with Gasteiger partial charge in [0.05, 0.1) is 6.54 Å². The Morgan fingerprint density at radius 2 is 1.75 bits per heavy atom. The Hall–Kier alpha value is -1.67. The average Bonchev–Trinajstić information content (AvgIpc) is 2.89. The Labute approximate surface area is 90.3 Å². The summed E-state index contributed by atoms with van der Waals surface area (Å²) in [4.78, 5) is 32.5. The summed E-state index contributed by atoms with van der Waals surface area (Å²) in [6.45, 7) is -0.347. The van der Waals surface area contributed by atoms with Crippen LogP contribution in [-0.4, -0.2) is 58.4 Å². The summed E-state index contributed by atoms with van der Waals surface area (Å²) in [6.07, 6.45) is 0. The van der Waals surface area contributed by atoms with Crippen LogP contribution in [0.5, 0.6) is 0 Å². The molecule has 0 spiro atoms. The molecule has 90 valence electrons. The smallest absolute Gasteiger partial charge is 0.384 e. The molecule has 0 radical (unpaired) electrons. The normalized spacial score (nSPS) is 23.4. The molecule has 0 bridgehead atoms. The van der Waals surface area contributed by atoms with Crippen molar-refractivity contribution >= 4 is 17.9 Å². The number of nitrogens with one attached hydrogen (secondary N) is 1. The van der Waals surface area contributed by atoms with Crippen molar-refractivity contribution in [3.8, 4) is 0 Å². The molecule has 0 saturated carbocycles. The van der Waals surface area contributed by atoms with E-state index in [-0.39, 0.29) is 24.5 Å². The van der Waals surface area contributed by atoms with Crippen LogP contribution >= 0.6 is 0 Å². The first-order valence-corrected chi connectivity index (χ1v) is 4.61. The summed E-state index contributed by atoms with van der Waals surface area (Å²) in [5, 5.41) is 26.3. The number of rotatable bonds is 6. The van der Waals surface area contributed by atoms with Crippen LogP contribution in [0, 0.1) is 5.92 Å². The van der Waals surface area contributed by atoms with Gasteiger partial charge >= 0.3 is 23.4 Å². The van der Waals surface area contributed by atoms with E-state index in [1.54, 1.807) is 0 Å². The van der Waals surface area contributed by atoms with Crippen molar-refractivity contribution in [2.75, 3.05) is 19.6 Å². The lowest BCUT2D eigenvalue weighted by Gasteiger charge is -2.09. The first-order chi connectivity index (χ1) is 7.36. The van der Waals surface area contributed by atoms with E-state index < -0.39 is 29.4 Å². The van der Waals surface area contributed by atoms with Crippen LogP contribution in [0.2, 0.25) is 0 Å². The minimum absolute atomic E-state index is 0.0928. The molecular formula is C8H13N2O6+. The van der Waals surface area contributed by atoms with Gasteiger partial charge in [-0.2, -0.15) is 0 Å². The number of carboxylic acid groups (broad SMARTS) is 3. The van der Waals surface area contributed by atoms with E-state index in [0.29, 0.717) is 0 Å². The second-order valence-corrected chi connectivity index (χ2v) is 3.77. The van der Waals surface area contributed by atoms with Crippen molar-refractivity contribution in [3.63, 3.8) is 0 Å². The third-order valence-corrected chi connectivity index (χ3v) is 2.81. The standard InChI is InChI=1S/C8H12N2O6/c9-1-4(5(11)12)2-10-3-8(10,6(13)14)7(15)16/h4H,1-3,9H2,(H,11,12)(H,13,14)(H,15,16)/p+1. The number of hydrogen-bond acceptors (Lipinski definition) is 4. The topological polar surface area (TPSA) is 142 Å². The van der Waals surface area contributed by atoms with Gasteiger partial charge in [-0.05, 0) is 0 Å². The van der Waals surface area contributed by atoms with Gasteiger partial charge in [0.1, 0.15) is 5.92 Å². The van der Waals surface area contributed by atoms with E-state index in [2.05, 4.69) is 0 Å². The van der Waals surface area contributed by atoms with E-state index in [9.17, 15) is 14.4 Å². The predicted molar refractivity (Wildman–Crippen MR) is 48.9 cm³/mol. The lowest BCUT2D eigenvalue weighted by Crippen LogP contribution is -3.01. The summed E-state index contributed by atoms with van der Waals surface area (Å²) in [6, 6.07) is 0. The van der Waals surface area contributed by atoms with Crippen molar-refractivity contribution in [3.05, 3.63) is 0 Å². The summed E-state index contributed by atoms with van der Waals surface area (Å²) in [7, 11) is 0. The highest BCUT2D eigenvalue weighted by molar-refractivity contribution is 6.03. The number of quaternary nitrogens is 1. The SMILES string of the molecule is NCC(C[NH+]1CC1(C(=O)O)C(=O)O)C(=O)O. The van der Waals surface area contributed by atoms with Crippen LogP contribution in [0.15, 0.2) is 0 Å². The maximum atomic E-state index is 10.8. The molecule has 1 rings (SSSR count). The van der Waals surface area contributed by atoms with E-state index in [1.165, 1.54) is 0 Å². The Morgan fingerprint density at radius 3 is 2.00 bits per heavy atom. The molecule has 2 atom stereocenters. The molecule has 8 heteroatoms. The summed E-state index contributed by atoms with van der Waals surface area (Å²) < 4.78 is 0. The fraction of sp³-hybridized carbons (Fsp3) is 0.625. The number of carboxylic acids is 3. The first-order valence-electron chi connectivity index (χ1n) is 4.61. The van der Waals surface area contributed by atoms with Crippen LogP contribution in [-0.2, 0) is 14.4 Å². The zero-order valence-corrected chi connectivity index (χ0v) is 8.34. The van der Waals surface area contributed by atoms with Crippen molar-refractivity contribution in [1.29, 1.82) is 0 Å². The molecule has 8 nitrogen and oxygen atoms in total. The van der Waals surface area contributed by atoms with Gasteiger partial charge in [0.15, 0.2) is 6.54 Å². The third-order valence-electron chi connectivity index (χ3n) is 2.81. The molecule has 1 saturated heterocycles. The predicted octanol–water partition coefficient (Wildman–Crippen LogP) is -3.55. The Bertz CT molecular complexity index is 327. The number of nitrogens with two attached hydrogens (primary N) is 1. The largest absolute Gasteiger partial charge is 0.481 e. The van der Waals surface area contributed by atoms with Gasteiger partial charge in [-0.25, -0.2) is 9.59 Å². The molecule has 6 N–H and O–H groups in total. The highest BCUT2D eigenvalue weighted by Crippen LogP contribution is 2.11. The maximum Gasteiger partial charge on any atom is 0.384 e. The molecule has 16 heavy (non-hydrogen) atoms. The van der Waals surface area contributed by atoms with Crippen molar-refractivity contribution < 1.29 is 34.6 Å². The first kappa shape index (κ1) is 12.4. The van der Waals surface area contributed by atoms with Gasteiger partial charge in [0.2, 0.25) is 0 Å². The second-order valence-electron chi connectivity index (χ2n) is 3.77. The Morgan fingerprint density at radius 1 is 1.25 bits per heavy atom. The van der Waals surface area contributed by atoms with Gasteiger partial charge in [0.25, 0.3) is 0 Å². The molecule has 2 unspecified atom stereocenters. The molecule has 0 aromatic rings. The van der Waals surface area contributed by atoms with E-state index in [1.807, 2.05) is 0 Å². The lowest BCUT2D eigenvalue weighted by atomic mass is 10.1. The fourth-order valence-corrected chi connectivity index (χ4v) is 1.64. The van der Waals surface area contributed by atoms with Gasteiger partial charge in [-0.1, -0.05) is 0 Å². The third kappa shape index (κ3) is 1.84. The monoisotopic (exact) mass is 233 g/mol. The van der Waals surface area contributed by atoms with Crippen molar-refractivity contribution in [1.82, 2.24) is 0 Å². The van der Waals surface area contributed by atoms with Crippen LogP contribution in [0.3, 0.4) is 0 Å². The summed E-state index contributed by atoms with van der Waals surface area (Å²) in [5.41, 5.74) is 3.32. The highest BCUT2D eigenvalue weighted by Gasteiger charge is 2.72. The molecule has 0 aromatic carbocycles. The van der Waals surface area contributed by atoms with Crippen molar-refractivity contribution in [2.45, 2.75) is 5.54 Å². The van der Waals surface area contributed by atoms with Crippen LogP contribution < -0.4 is 10.6 Å². The molecule has 1 heterocycles. The molecule has 0 aromatic heterocycles. The summed E-state index contributed by atoms with van der Waals surface area (Å²) >= 11 is 0. The minimum atomic E-state index is -1.89. The Balaban J connectivity index is 2.70. The quantitative estimate of drug-likeness (QED) is 0.236. The average molecular weight is 233 g/mol. The van der Waals surface area contributed by atoms with Gasteiger partial charge in [-0.3, -0.25) is 9.69 Å². The second kappa shape index (κ2) is 4.06. The molecule has 1 aliphatic rings. The number of aliphatic carboxylic acids is 3. The Kier molecular flexibility index (Phi) is 3.15. The zero-order chi connectivity index (χ0) is 12.5. The lowest BCUT2D eigenvalue weighted by molar-refractivity contribution is -0.783. The molecule has 1 fully saturated rings. The number of carbonyl (C=O) groups is 3.